The zero-order valence-electron chi connectivity index (χ0n) is 7.03. The molecule has 0 aliphatic rings. The van der Waals surface area contributed by atoms with Gasteiger partial charge in [0, 0.05) is 0 Å². The monoisotopic (exact) mass is 182 g/mol. The van der Waals surface area contributed by atoms with Gasteiger partial charge in [0.05, 0.1) is 13.2 Å². The summed E-state index contributed by atoms with van der Waals surface area (Å²) < 4.78 is 30.2. The van der Waals surface area contributed by atoms with Crippen LogP contribution in [0.3, 0.4) is 0 Å². The highest BCUT2D eigenvalue weighted by Crippen LogP contribution is 2.00. The zero-order valence-corrected chi connectivity index (χ0v) is 7.85. The van der Waals surface area contributed by atoms with Gasteiger partial charge in [0.25, 0.3) is 0 Å². The molecule has 0 aromatic heterocycles. The molecule has 0 saturated carbocycles. The van der Waals surface area contributed by atoms with Crippen molar-refractivity contribution in [1.82, 2.24) is 0 Å². The van der Waals surface area contributed by atoms with Crippen molar-refractivity contribution in [3.8, 4) is 0 Å². The lowest BCUT2D eigenvalue weighted by Crippen LogP contribution is -2.13. The van der Waals surface area contributed by atoms with Crippen LogP contribution in [0.5, 0.6) is 0 Å². The summed E-state index contributed by atoms with van der Waals surface area (Å²) >= 11 is 0. The van der Waals surface area contributed by atoms with Crippen molar-refractivity contribution in [1.29, 1.82) is 0 Å². The van der Waals surface area contributed by atoms with Crippen LogP contribution in [-0.4, -0.2) is 21.6 Å². The minimum absolute atomic E-state index is 0.112. The first-order valence-corrected chi connectivity index (χ1v) is 4.85. The number of rotatable bonds is 5. The van der Waals surface area contributed by atoms with E-state index < -0.39 is 10.4 Å². The Morgan fingerprint density at radius 1 is 1.27 bits per heavy atom. The normalized spacial score (nSPS) is 12.4. The smallest absolute Gasteiger partial charge is 0.248 e. The summed E-state index contributed by atoms with van der Waals surface area (Å²) in [6.45, 7) is 5.60. The molecule has 0 radical (unpaired) electrons. The molecule has 0 atom stereocenters. The molecule has 0 saturated heterocycles. The van der Waals surface area contributed by atoms with Crippen LogP contribution in [0.2, 0.25) is 0 Å². The van der Waals surface area contributed by atoms with Gasteiger partial charge in [0.1, 0.15) is 0 Å². The maximum Gasteiger partial charge on any atom is 0.399 e. The van der Waals surface area contributed by atoms with Crippen LogP contribution >= 0.6 is 0 Å². The Bertz CT molecular complexity index is 183. The van der Waals surface area contributed by atoms with E-state index in [-0.39, 0.29) is 19.1 Å². The van der Waals surface area contributed by atoms with Crippen LogP contribution in [0.1, 0.15) is 20.8 Å². The Hall–Kier alpha value is -0.130. The molecule has 0 rings (SSSR count). The average molecular weight is 182 g/mol. The second kappa shape index (κ2) is 4.69. The van der Waals surface area contributed by atoms with E-state index in [1.165, 1.54) is 0 Å². The fourth-order valence-electron chi connectivity index (χ4n) is 0.398. The molecule has 0 amide bonds. The van der Waals surface area contributed by atoms with Crippen molar-refractivity contribution < 1.29 is 16.8 Å². The minimum Gasteiger partial charge on any atom is -0.248 e. The molecule has 0 heterocycles. The molecule has 0 aromatic rings. The third-order valence-electron chi connectivity index (χ3n) is 0.808. The topological polar surface area (TPSA) is 52.6 Å². The van der Waals surface area contributed by atoms with Crippen molar-refractivity contribution in [2.45, 2.75) is 20.8 Å². The third kappa shape index (κ3) is 6.28. The van der Waals surface area contributed by atoms with Gasteiger partial charge in [-0.05, 0) is 12.8 Å². The molecule has 11 heavy (non-hydrogen) atoms. The van der Waals surface area contributed by atoms with E-state index in [0.717, 1.165) is 0 Å². The molecule has 0 spiro atoms. The summed E-state index contributed by atoms with van der Waals surface area (Å²) in [7, 11) is -3.73. The Balaban J connectivity index is 3.74. The largest absolute Gasteiger partial charge is 0.399 e. The fourth-order valence-corrected chi connectivity index (χ4v) is 1.19. The molecule has 0 fully saturated rings. The van der Waals surface area contributed by atoms with E-state index in [9.17, 15) is 8.42 Å². The van der Waals surface area contributed by atoms with Crippen LogP contribution in [0.4, 0.5) is 0 Å². The maximum atomic E-state index is 10.7. The standard InChI is InChI=1S/C6H14O4S/c1-4-9-11(7,8)10-5-6(2)3/h6H,4-5H2,1-3H3. The average Bonchev–Trinajstić information content (AvgIpc) is 1.84. The van der Waals surface area contributed by atoms with Crippen molar-refractivity contribution in [3.63, 3.8) is 0 Å². The zero-order chi connectivity index (χ0) is 8.91. The predicted octanol–water partition coefficient (Wildman–Crippen LogP) is 0.940. The molecule has 0 N–H and O–H groups in total. The Kier molecular flexibility index (Phi) is 4.63. The highest BCUT2D eigenvalue weighted by molar-refractivity contribution is 7.81. The van der Waals surface area contributed by atoms with Crippen LogP contribution < -0.4 is 0 Å². The van der Waals surface area contributed by atoms with E-state index >= 15 is 0 Å². The summed E-state index contributed by atoms with van der Waals surface area (Å²) in [4.78, 5) is 0. The van der Waals surface area contributed by atoms with Crippen LogP contribution in [0, 0.1) is 5.92 Å². The van der Waals surface area contributed by atoms with Crippen molar-refractivity contribution >= 4 is 10.4 Å². The first-order valence-electron chi connectivity index (χ1n) is 3.51. The van der Waals surface area contributed by atoms with E-state index in [1.807, 2.05) is 13.8 Å². The van der Waals surface area contributed by atoms with E-state index in [4.69, 9.17) is 0 Å². The van der Waals surface area contributed by atoms with Crippen molar-refractivity contribution in [2.75, 3.05) is 13.2 Å². The van der Waals surface area contributed by atoms with E-state index in [0.29, 0.717) is 0 Å². The molecular weight excluding hydrogens is 168 g/mol. The molecular formula is C6H14O4S. The number of hydrogen-bond acceptors (Lipinski definition) is 4. The second-order valence-electron chi connectivity index (χ2n) is 2.49. The van der Waals surface area contributed by atoms with Gasteiger partial charge in [-0.15, -0.1) is 0 Å². The van der Waals surface area contributed by atoms with Crippen molar-refractivity contribution in [2.24, 2.45) is 5.92 Å². The summed E-state index contributed by atoms with van der Waals surface area (Å²) in [6.07, 6.45) is 0. The number of hydrogen-bond donors (Lipinski definition) is 0. The summed E-state index contributed by atoms with van der Waals surface area (Å²) in [5, 5.41) is 0. The van der Waals surface area contributed by atoms with Gasteiger partial charge in [0.2, 0.25) is 0 Å². The highest BCUT2D eigenvalue weighted by atomic mass is 32.3. The van der Waals surface area contributed by atoms with Gasteiger partial charge in [-0.1, -0.05) is 13.8 Å². The van der Waals surface area contributed by atoms with Gasteiger partial charge in [0.15, 0.2) is 0 Å². The summed E-state index contributed by atoms with van der Waals surface area (Å²) in [5.74, 6) is 0.185. The van der Waals surface area contributed by atoms with Crippen LogP contribution in [-0.2, 0) is 18.8 Å². The summed E-state index contributed by atoms with van der Waals surface area (Å²) in [5.41, 5.74) is 0. The Morgan fingerprint density at radius 3 is 2.18 bits per heavy atom. The van der Waals surface area contributed by atoms with Gasteiger partial charge >= 0.3 is 10.4 Å². The first kappa shape index (κ1) is 10.9. The van der Waals surface area contributed by atoms with E-state index in [2.05, 4.69) is 8.37 Å². The van der Waals surface area contributed by atoms with E-state index in [1.54, 1.807) is 6.92 Å². The fraction of sp³-hybridized carbons (Fsp3) is 1.00. The summed E-state index contributed by atoms with van der Waals surface area (Å²) in [6, 6.07) is 0. The Morgan fingerprint density at radius 2 is 1.82 bits per heavy atom. The lowest BCUT2D eigenvalue weighted by atomic mass is 10.2. The quantitative estimate of drug-likeness (QED) is 0.635. The molecule has 0 aliphatic heterocycles. The van der Waals surface area contributed by atoms with Crippen molar-refractivity contribution in [3.05, 3.63) is 0 Å². The van der Waals surface area contributed by atoms with Gasteiger partial charge in [-0.3, -0.25) is 0 Å². The predicted molar refractivity (Wildman–Crippen MR) is 41.3 cm³/mol. The molecule has 0 bridgehead atoms. The maximum absolute atomic E-state index is 10.7. The minimum atomic E-state index is -3.73. The molecule has 4 nitrogen and oxygen atoms in total. The first-order chi connectivity index (χ1) is 4.98. The molecule has 0 aromatic carbocycles. The lowest BCUT2D eigenvalue weighted by Gasteiger charge is -2.05. The molecule has 0 aliphatic carbocycles. The van der Waals surface area contributed by atoms with Crippen LogP contribution in [0.25, 0.3) is 0 Å². The van der Waals surface area contributed by atoms with Gasteiger partial charge < -0.3 is 0 Å². The molecule has 0 unspecified atom stereocenters. The molecule has 68 valence electrons. The van der Waals surface area contributed by atoms with Crippen LogP contribution in [0.15, 0.2) is 0 Å². The second-order valence-corrected chi connectivity index (χ2v) is 3.78. The molecule has 5 heteroatoms. The highest BCUT2D eigenvalue weighted by Gasteiger charge is 2.10. The lowest BCUT2D eigenvalue weighted by molar-refractivity contribution is 0.203. The third-order valence-corrected chi connectivity index (χ3v) is 1.76. The SMILES string of the molecule is CCOS(=O)(=O)OCC(C)C. The van der Waals surface area contributed by atoms with Gasteiger partial charge in [-0.2, -0.15) is 8.42 Å². The van der Waals surface area contributed by atoms with Gasteiger partial charge in [-0.25, -0.2) is 8.37 Å². The Labute approximate surface area is 67.8 Å².